The van der Waals surface area contributed by atoms with Gasteiger partial charge in [0.2, 0.25) is 5.75 Å². The van der Waals surface area contributed by atoms with Crippen molar-refractivity contribution in [2.24, 2.45) is 5.73 Å². The molecule has 4 nitrogen and oxygen atoms in total. The van der Waals surface area contributed by atoms with E-state index >= 15 is 0 Å². The summed E-state index contributed by atoms with van der Waals surface area (Å²) in [6.07, 6.45) is 0. The predicted molar refractivity (Wildman–Crippen MR) is 54.1 cm³/mol. The molecule has 0 aromatic heterocycles. The fourth-order valence-electron chi connectivity index (χ4n) is 1.12. The molecule has 1 aromatic carbocycles. The molecule has 0 bridgehead atoms. The predicted octanol–water partition coefficient (Wildman–Crippen LogP) is 1.04. The van der Waals surface area contributed by atoms with Gasteiger partial charge in [-0.2, -0.15) is 0 Å². The van der Waals surface area contributed by atoms with Crippen molar-refractivity contribution in [2.45, 2.75) is 0 Å². The fraction of sp³-hybridized carbons (Fsp3) is 0.400. The van der Waals surface area contributed by atoms with Crippen LogP contribution in [0.1, 0.15) is 0 Å². The molecule has 4 heteroatoms. The van der Waals surface area contributed by atoms with E-state index in [2.05, 4.69) is 0 Å². The third kappa shape index (κ3) is 2.29. The first-order valence-corrected chi connectivity index (χ1v) is 4.37. The lowest BCUT2D eigenvalue weighted by molar-refractivity contribution is 0.281. The Bertz CT molecular complexity index is 266. The lowest BCUT2D eigenvalue weighted by Crippen LogP contribution is -2.11. The molecule has 0 spiro atoms. The van der Waals surface area contributed by atoms with Crippen LogP contribution in [0.2, 0.25) is 0 Å². The molecule has 0 amide bonds. The molecule has 1 rings (SSSR count). The largest absolute Gasteiger partial charge is 0.493 e. The molecule has 14 heavy (non-hydrogen) atoms. The fourth-order valence-corrected chi connectivity index (χ4v) is 1.12. The minimum absolute atomic E-state index is 0.441. The molecule has 0 aliphatic heterocycles. The number of para-hydroxylation sites is 1. The highest BCUT2D eigenvalue weighted by molar-refractivity contribution is 5.51. The smallest absolute Gasteiger partial charge is 0.203 e. The van der Waals surface area contributed by atoms with Crippen LogP contribution in [-0.2, 0) is 0 Å². The van der Waals surface area contributed by atoms with E-state index in [1.807, 2.05) is 18.2 Å². The molecule has 0 atom stereocenters. The minimum atomic E-state index is 0.441. The standard InChI is InChI=1S/C10H15NO3/c1-12-8-4-3-5-9(13-2)10(8)14-7-6-11/h3-5H,6-7,11H2,1-2H3. The van der Waals surface area contributed by atoms with Gasteiger partial charge in [-0.3, -0.25) is 0 Å². The maximum atomic E-state index is 5.42. The maximum absolute atomic E-state index is 5.42. The van der Waals surface area contributed by atoms with Crippen molar-refractivity contribution in [2.75, 3.05) is 27.4 Å². The molecule has 0 saturated heterocycles. The molecule has 78 valence electrons. The van der Waals surface area contributed by atoms with E-state index in [0.717, 1.165) is 0 Å². The van der Waals surface area contributed by atoms with Crippen molar-refractivity contribution in [3.05, 3.63) is 18.2 Å². The molecule has 2 N–H and O–H groups in total. The summed E-state index contributed by atoms with van der Waals surface area (Å²) in [5.41, 5.74) is 5.35. The summed E-state index contributed by atoms with van der Waals surface area (Å²) in [4.78, 5) is 0. The van der Waals surface area contributed by atoms with Gasteiger partial charge in [-0.1, -0.05) is 6.07 Å². The van der Waals surface area contributed by atoms with Gasteiger partial charge in [0.1, 0.15) is 6.61 Å². The molecule has 1 aromatic rings. The van der Waals surface area contributed by atoms with Crippen molar-refractivity contribution in [3.8, 4) is 17.2 Å². The van der Waals surface area contributed by atoms with E-state index < -0.39 is 0 Å². The Balaban J connectivity index is 2.93. The van der Waals surface area contributed by atoms with Gasteiger partial charge in [0.25, 0.3) is 0 Å². The first-order valence-electron chi connectivity index (χ1n) is 4.37. The number of hydrogen-bond donors (Lipinski definition) is 1. The number of rotatable bonds is 5. The summed E-state index contributed by atoms with van der Waals surface area (Å²) in [5, 5.41) is 0. The van der Waals surface area contributed by atoms with E-state index in [-0.39, 0.29) is 0 Å². The number of methoxy groups -OCH3 is 2. The highest BCUT2D eigenvalue weighted by Gasteiger charge is 2.09. The summed E-state index contributed by atoms with van der Waals surface area (Å²) in [5.74, 6) is 1.90. The van der Waals surface area contributed by atoms with E-state index in [1.54, 1.807) is 14.2 Å². The Morgan fingerprint density at radius 1 is 1.14 bits per heavy atom. The van der Waals surface area contributed by atoms with Crippen molar-refractivity contribution >= 4 is 0 Å². The van der Waals surface area contributed by atoms with Crippen molar-refractivity contribution in [1.82, 2.24) is 0 Å². The maximum Gasteiger partial charge on any atom is 0.203 e. The van der Waals surface area contributed by atoms with E-state index in [4.69, 9.17) is 19.9 Å². The highest BCUT2D eigenvalue weighted by atomic mass is 16.5. The summed E-state index contributed by atoms with van der Waals surface area (Å²) in [6.45, 7) is 0.901. The van der Waals surface area contributed by atoms with Gasteiger partial charge in [-0.25, -0.2) is 0 Å². The summed E-state index contributed by atoms with van der Waals surface area (Å²) >= 11 is 0. The zero-order valence-corrected chi connectivity index (χ0v) is 8.45. The molecule has 0 fully saturated rings. The number of nitrogens with two attached hydrogens (primary N) is 1. The zero-order chi connectivity index (χ0) is 10.4. The van der Waals surface area contributed by atoms with Crippen LogP contribution in [0.5, 0.6) is 17.2 Å². The molecular weight excluding hydrogens is 182 g/mol. The van der Waals surface area contributed by atoms with Crippen LogP contribution in [0.4, 0.5) is 0 Å². The van der Waals surface area contributed by atoms with Crippen molar-refractivity contribution in [3.63, 3.8) is 0 Å². The summed E-state index contributed by atoms with van der Waals surface area (Å²) < 4.78 is 15.7. The summed E-state index contributed by atoms with van der Waals surface area (Å²) in [6, 6.07) is 5.47. The zero-order valence-electron chi connectivity index (χ0n) is 8.45. The van der Waals surface area contributed by atoms with Gasteiger partial charge in [0.05, 0.1) is 14.2 Å². The monoisotopic (exact) mass is 197 g/mol. The van der Waals surface area contributed by atoms with Crippen molar-refractivity contribution < 1.29 is 14.2 Å². The normalized spacial score (nSPS) is 9.64. The Morgan fingerprint density at radius 3 is 2.14 bits per heavy atom. The van der Waals surface area contributed by atoms with Crippen molar-refractivity contribution in [1.29, 1.82) is 0 Å². The topological polar surface area (TPSA) is 53.7 Å². The third-order valence-electron chi connectivity index (χ3n) is 1.75. The lowest BCUT2D eigenvalue weighted by atomic mass is 10.3. The highest BCUT2D eigenvalue weighted by Crippen LogP contribution is 2.36. The molecule has 0 radical (unpaired) electrons. The second-order valence-corrected chi connectivity index (χ2v) is 2.63. The average molecular weight is 197 g/mol. The van der Waals surface area contributed by atoms with Gasteiger partial charge in [0, 0.05) is 6.54 Å². The quantitative estimate of drug-likeness (QED) is 0.766. The van der Waals surface area contributed by atoms with Gasteiger partial charge >= 0.3 is 0 Å². The van der Waals surface area contributed by atoms with Crippen LogP contribution in [0.3, 0.4) is 0 Å². The Morgan fingerprint density at radius 2 is 1.71 bits per heavy atom. The Kier molecular flexibility index (Phi) is 4.07. The first kappa shape index (κ1) is 10.7. The molecule has 0 aliphatic carbocycles. The number of benzene rings is 1. The Labute approximate surface area is 83.6 Å². The molecular formula is C10H15NO3. The van der Waals surface area contributed by atoms with Crippen LogP contribution in [0, 0.1) is 0 Å². The van der Waals surface area contributed by atoms with Crippen LogP contribution < -0.4 is 19.9 Å². The molecule has 0 aliphatic rings. The molecule has 0 saturated carbocycles. The third-order valence-corrected chi connectivity index (χ3v) is 1.75. The number of hydrogen-bond acceptors (Lipinski definition) is 4. The first-order chi connectivity index (χ1) is 6.83. The Hall–Kier alpha value is -1.42. The molecule has 0 heterocycles. The van der Waals surface area contributed by atoms with Crippen LogP contribution in [-0.4, -0.2) is 27.4 Å². The minimum Gasteiger partial charge on any atom is -0.493 e. The van der Waals surface area contributed by atoms with E-state index in [9.17, 15) is 0 Å². The van der Waals surface area contributed by atoms with Crippen LogP contribution >= 0.6 is 0 Å². The lowest BCUT2D eigenvalue weighted by Gasteiger charge is -2.13. The molecule has 0 unspecified atom stereocenters. The van der Waals surface area contributed by atoms with Gasteiger partial charge in [-0.05, 0) is 12.1 Å². The second-order valence-electron chi connectivity index (χ2n) is 2.63. The number of ether oxygens (including phenoxy) is 3. The summed E-state index contributed by atoms with van der Waals surface area (Å²) in [7, 11) is 3.17. The van der Waals surface area contributed by atoms with E-state index in [0.29, 0.717) is 30.4 Å². The van der Waals surface area contributed by atoms with E-state index in [1.165, 1.54) is 0 Å². The van der Waals surface area contributed by atoms with Crippen LogP contribution in [0.25, 0.3) is 0 Å². The van der Waals surface area contributed by atoms with Gasteiger partial charge < -0.3 is 19.9 Å². The van der Waals surface area contributed by atoms with Crippen LogP contribution in [0.15, 0.2) is 18.2 Å². The van der Waals surface area contributed by atoms with Gasteiger partial charge in [-0.15, -0.1) is 0 Å². The second kappa shape index (κ2) is 5.34. The van der Waals surface area contributed by atoms with Gasteiger partial charge in [0.15, 0.2) is 11.5 Å². The SMILES string of the molecule is COc1cccc(OC)c1OCCN. The average Bonchev–Trinajstić information content (AvgIpc) is 2.25.